The van der Waals surface area contributed by atoms with Gasteiger partial charge in [-0.1, -0.05) is 0 Å². The van der Waals surface area contributed by atoms with Crippen molar-refractivity contribution in [3.8, 4) is 0 Å². The van der Waals surface area contributed by atoms with Gasteiger partial charge in [-0.25, -0.2) is 0 Å². The van der Waals surface area contributed by atoms with Crippen LogP contribution in [-0.2, 0) is 6.42 Å². The van der Waals surface area contributed by atoms with E-state index in [0.717, 1.165) is 23.4 Å². The average molecular weight is 162 g/mol. The number of pyridine rings is 1. The molecule has 0 radical (unpaired) electrons. The molecule has 0 spiro atoms. The molecule has 0 saturated heterocycles. The first-order valence-electron chi connectivity index (χ1n) is 4.02. The minimum absolute atomic E-state index is 0.00347. The Morgan fingerprint density at radius 2 is 2.33 bits per heavy atom. The molecule has 0 aromatic carbocycles. The van der Waals surface area contributed by atoms with Gasteiger partial charge in [0.15, 0.2) is 0 Å². The molecule has 0 bridgehead atoms. The lowest BCUT2D eigenvalue weighted by Gasteiger charge is -2.15. The number of aromatic nitrogens is 1. The minimum Gasteiger partial charge on any atom is -0.352 e. The summed E-state index contributed by atoms with van der Waals surface area (Å²) >= 11 is 0. The van der Waals surface area contributed by atoms with Crippen molar-refractivity contribution in [1.29, 1.82) is 0 Å². The van der Waals surface area contributed by atoms with E-state index in [1.54, 1.807) is 0 Å². The number of hydrogen-bond acceptors (Lipinski definition) is 2. The third kappa shape index (κ3) is 1.07. The molecule has 1 aromatic heterocycles. The van der Waals surface area contributed by atoms with Gasteiger partial charge in [0.25, 0.3) is 5.91 Å². The fourth-order valence-corrected chi connectivity index (χ4v) is 1.40. The molecule has 0 aliphatic carbocycles. The lowest BCUT2D eigenvalue weighted by atomic mass is 10.1. The van der Waals surface area contributed by atoms with E-state index in [0.29, 0.717) is 6.54 Å². The number of fused-ring (bicyclic) bond motifs is 1. The van der Waals surface area contributed by atoms with Crippen molar-refractivity contribution in [3.05, 3.63) is 29.1 Å². The van der Waals surface area contributed by atoms with Gasteiger partial charge in [0.2, 0.25) is 0 Å². The van der Waals surface area contributed by atoms with E-state index in [9.17, 15) is 4.79 Å². The number of amides is 1. The van der Waals surface area contributed by atoms with Crippen LogP contribution in [0.5, 0.6) is 0 Å². The van der Waals surface area contributed by atoms with Crippen LogP contribution in [0, 0.1) is 6.92 Å². The second kappa shape index (κ2) is 2.59. The maximum atomic E-state index is 11.2. The van der Waals surface area contributed by atoms with Crippen molar-refractivity contribution < 1.29 is 4.79 Å². The van der Waals surface area contributed by atoms with Crippen molar-refractivity contribution in [2.24, 2.45) is 0 Å². The largest absolute Gasteiger partial charge is 0.352 e. The summed E-state index contributed by atoms with van der Waals surface area (Å²) in [7, 11) is 0. The Balaban J connectivity index is 2.53. The van der Waals surface area contributed by atoms with Gasteiger partial charge in [-0.3, -0.25) is 9.78 Å². The molecular formula is C9H10N2O. The van der Waals surface area contributed by atoms with Crippen LogP contribution in [0.1, 0.15) is 21.7 Å². The molecule has 1 amide bonds. The number of carbonyl (C=O) groups is 1. The van der Waals surface area contributed by atoms with Gasteiger partial charge in [0.1, 0.15) is 0 Å². The maximum absolute atomic E-state index is 11.2. The molecule has 3 heteroatoms. The van der Waals surface area contributed by atoms with Crippen molar-refractivity contribution in [3.63, 3.8) is 0 Å². The highest BCUT2D eigenvalue weighted by Crippen LogP contribution is 2.11. The number of hydrogen-bond donors (Lipinski definition) is 1. The zero-order chi connectivity index (χ0) is 8.55. The standard InChI is InChI=1S/C9H10N2O/c1-6-2-3-7-8(11-6)4-5-10-9(7)12/h2-3H,4-5H2,1H3,(H,10,12). The molecular weight excluding hydrogens is 152 g/mol. The molecule has 1 N–H and O–H groups in total. The Bertz CT molecular complexity index is 333. The van der Waals surface area contributed by atoms with Gasteiger partial charge >= 0.3 is 0 Å². The zero-order valence-corrected chi connectivity index (χ0v) is 6.92. The molecule has 0 fully saturated rings. The van der Waals surface area contributed by atoms with E-state index in [4.69, 9.17) is 0 Å². The number of rotatable bonds is 0. The quantitative estimate of drug-likeness (QED) is 0.609. The molecule has 1 aliphatic heterocycles. The van der Waals surface area contributed by atoms with Gasteiger partial charge in [0.05, 0.1) is 11.3 Å². The number of carbonyl (C=O) groups excluding carboxylic acids is 1. The maximum Gasteiger partial charge on any atom is 0.253 e. The summed E-state index contributed by atoms with van der Waals surface area (Å²) in [5.41, 5.74) is 2.63. The number of aryl methyl sites for hydroxylation is 1. The topological polar surface area (TPSA) is 42.0 Å². The van der Waals surface area contributed by atoms with Crippen LogP contribution in [-0.4, -0.2) is 17.4 Å². The highest BCUT2D eigenvalue weighted by atomic mass is 16.1. The summed E-state index contributed by atoms with van der Waals surface area (Å²) in [6.45, 7) is 2.65. The highest BCUT2D eigenvalue weighted by molar-refractivity contribution is 5.96. The Kier molecular flexibility index (Phi) is 1.57. The summed E-state index contributed by atoms with van der Waals surface area (Å²) in [6.07, 6.45) is 0.850. The van der Waals surface area contributed by atoms with Gasteiger partial charge in [-0.15, -0.1) is 0 Å². The predicted octanol–water partition coefficient (Wildman–Crippen LogP) is 0.676. The van der Waals surface area contributed by atoms with Gasteiger partial charge in [-0.2, -0.15) is 0 Å². The monoisotopic (exact) mass is 162 g/mol. The van der Waals surface area contributed by atoms with E-state index in [1.807, 2.05) is 19.1 Å². The van der Waals surface area contributed by atoms with E-state index in [2.05, 4.69) is 10.3 Å². The zero-order valence-electron chi connectivity index (χ0n) is 6.92. The van der Waals surface area contributed by atoms with Crippen LogP contribution < -0.4 is 5.32 Å². The van der Waals surface area contributed by atoms with Crippen molar-refractivity contribution in [2.45, 2.75) is 13.3 Å². The summed E-state index contributed by atoms with van der Waals surface area (Å²) in [5.74, 6) is 0.00347. The molecule has 12 heavy (non-hydrogen) atoms. The molecule has 0 unspecified atom stereocenters. The van der Waals surface area contributed by atoms with Crippen molar-refractivity contribution in [2.75, 3.05) is 6.54 Å². The first-order chi connectivity index (χ1) is 5.77. The van der Waals surface area contributed by atoms with Crippen molar-refractivity contribution in [1.82, 2.24) is 10.3 Å². The normalized spacial score (nSPS) is 15.2. The number of nitrogens with zero attached hydrogens (tertiary/aromatic N) is 1. The van der Waals surface area contributed by atoms with Crippen LogP contribution in [0.2, 0.25) is 0 Å². The van der Waals surface area contributed by atoms with E-state index < -0.39 is 0 Å². The molecule has 2 heterocycles. The lowest BCUT2D eigenvalue weighted by Crippen LogP contribution is -2.32. The molecule has 0 atom stereocenters. The fourth-order valence-electron chi connectivity index (χ4n) is 1.40. The Morgan fingerprint density at radius 1 is 1.50 bits per heavy atom. The molecule has 3 nitrogen and oxygen atoms in total. The highest BCUT2D eigenvalue weighted by Gasteiger charge is 2.16. The van der Waals surface area contributed by atoms with E-state index in [1.165, 1.54) is 0 Å². The van der Waals surface area contributed by atoms with Crippen LogP contribution in [0.25, 0.3) is 0 Å². The SMILES string of the molecule is Cc1ccc2c(n1)CCNC2=O. The number of nitrogens with one attached hydrogen (secondary N) is 1. The Hall–Kier alpha value is -1.38. The first-order valence-corrected chi connectivity index (χ1v) is 4.02. The van der Waals surface area contributed by atoms with Gasteiger partial charge in [-0.05, 0) is 19.1 Å². The second-order valence-electron chi connectivity index (χ2n) is 2.95. The smallest absolute Gasteiger partial charge is 0.253 e. The van der Waals surface area contributed by atoms with Crippen LogP contribution in [0.4, 0.5) is 0 Å². The predicted molar refractivity (Wildman–Crippen MR) is 45.0 cm³/mol. The minimum atomic E-state index is 0.00347. The van der Waals surface area contributed by atoms with E-state index >= 15 is 0 Å². The van der Waals surface area contributed by atoms with Crippen molar-refractivity contribution >= 4 is 5.91 Å². The second-order valence-corrected chi connectivity index (χ2v) is 2.95. The molecule has 1 aromatic rings. The molecule has 62 valence electrons. The van der Waals surface area contributed by atoms with Gasteiger partial charge in [0, 0.05) is 18.7 Å². The van der Waals surface area contributed by atoms with E-state index in [-0.39, 0.29) is 5.91 Å². The lowest BCUT2D eigenvalue weighted by molar-refractivity contribution is 0.0945. The van der Waals surface area contributed by atoms with Crippen LogP contribution >= 0.6 is 0 Å². The summed E-state index contributed by atoms with van der Waals surface area (Å²) in [6, 6.07) is 3.70. The molecule has 0 saturated carbocycles. The first kappa shape index (κ1) is 7.28. The summed E-state index contributed by atoms with van der Waals surface area (Å²) < 4.78 is 0. The van der Waals surface area contributed by atoms with Gasteiger partial charge < -0.3 is 5.32 Å². The van der Waals surface area contributed by atoms with Crippen LogP contribution in [0.3, 0.4) is 0 Å². The third-order valence-electron chi connectivity index (χ3n) is 2.01. The fraction of sp³-hybridized carbons (Fsp3) is 0.333. The van der Waals surface area contributed by atoms with Crippen LogP contribution in [0.15, 0.2) is 12.1 Å². The summed E-state index contributed by atoms with van der Waals surface area (Å²) in [4.78, 5) is 15.5. The molecule has 2 rings (SSSR count). The average Bonchev–Trinajstić information content (AvgIpc) is 2.04. The molecule has 1 aliphatic rings. The third-order valence-corrected chi connectivity index (χ3v) is 2.01. The Morgan fingerprint density at radius 3 is 3.17 bits per heavy atom. The Labute approximate surface area is 70.8 Å². The summed E-state index contributed by atoms with van der Waals surface area (Å²) in [5, 5.41) is 2.78.